The van der Waals surface area contributed by atoms with E-state index in [1.54, 1.807) is 12.1 Å². The maximum absolute atomic E-state index is 11.4. The van der Waals surface area contributed by atoms with Crippen LogP contribution in [0.15, 0.2) is 48.5 Å². The van der Waals surface area contributed by atoms with Crippen molar-refractivity contribution in [2.24, 2.45) is 0 Å². The van der Waals surface area contributed by atoms with E-state index in [0.717, 1.165) is 24.0 Å². The third-order valence-electron chi connectivity index (χ3n) is 3.55. The quantitative estimate of drug-likeness (QED) is 0.462. The summed E-state index contributed by atoms with van der Waals surface area (Å²) in [6.45, 7) is 2.84. The molecule has 0 aliphatic heterocycles. The smallest absolute Gasteiger partial charge is 0.252 e. The average Bonchev–Trinajstić information content (AvgIpc) is 2.55. The van der Waals surface area contributed by atoms with Crippen LogP contribution in [0.1, 0.15) is 43.0 Å². The van der Waals surface area contributed by atoms with Crippen molar-refractivity contribution in [1.82, 2.24) is 0 Å². The van der Waals surface area contributed by atoms with Gasteiger partial charge in [0, 0.05) is 11.1 Å². The molecule has 0 amide bonds. The van der Waals surface area contributed by atoms with Gasteiger partial charge in [0.05, 0.1) is 6.61 Å². The first kappa shape index (κ1) is 16.6. The van der Waals surface area contributed by atoms with Crippen LogP contribution in [0.5, 0.6) is 5.75 Å². The van der Waals surface area contributed by atoms with Crippen LogP contribution in [0.2, 0.25) is 0 Å². The lowest BCUT2D eigenvalue weighted by molar-refractivity contribution is 0.108. The van der Waals surface area contributed by atoms with Crippen LogP contribution in [-0.2, 0) is 0 Å². The minimum atomic E-state index is -0.463. The summed E-state index contributed by atoms with van der Waals surface area (Å²) in [6.07, 6.45) is 4.59. The van der Waals surface area contributed by atoms with Crippen molar-refractivity contribution >= 4 is 16.8 Å². The zero-order valence-corrected chi connectivity index (χ0v) is 13.6. The summed E-state index contributed by atoms with van der Waals surface area (Å²) in [5, 5.41) is -0.463. The molecule has 2 aromatic rings. The Labute approximate surface area is 137 Å². The molecule has 0 heterocycles. The van der Waals surface area contributed by atoms with Crippen molar-refractivity contribution in [3.8, 4) is 16.9 Å². The number of halogens is 1. The Morgan fingerprint density at radius 2 is 1.82 bits per heavy atom. The van der Waals surface area contributed by atoms with Crippen molar-refractivity contribution in [3.05, 3.63) is 54.1 Å². The molecule has 0 saturated heterocycles. The van der Waals surface area contributed by atoms with E-state index in [2.05, 4.69) is 6.92 Å². The molecule has 0 aliphatic carbocycles. The topological polar surface area (TPSA) is 26.3 Å². The predicted octanol–water partition coefficient (Wildman–Crippen LogP) is 5.69. The molecule has 0 aliphatic rings. The van der Waals surface area contributed by atoms with Crippen LogP contribution in [0.25, 0.3) is 11.1 Å². The standard InChI is InChI=1S/C19H21ClO2/c1-2-3-4-8-13-22-18-14-16(19(20)21)11-12-17(18)15-9-6-5-7-10-15/h5-7,9-12,14H,2-4,8,13H2,1H3. The molecule has 0 atom stereocenters. The fourth-order valence-corrected chi connectivity index (χ4v) is 2.45. The molecule has 0 fully saturated rings. The third-order valence-corrected chi connectivity index (χ3v) is 3.77. The molecule has 0 aromatic heterocycles. The number of rotatable bonds is 8. The fourth-order valence-electron chi connectivity index (χ4n) is 2.33. The van der Waals surface area contributed by atoms with Crippen LogP contribution < -0.4 is 4.74 Å². The van der Waals surface area contributed by atoms with Crippen molar-refractivity contribution in [2.45, 2.75) is 32.6 Å². The molecule has 116 valence electrons. The predicted molar refractivity (Wildman–Crippen MR) is 91.7 cm³/mol. The van der Waals surface area contributed by atoms with Gasteiger partial charge in [0.1, 0.15) is 5.75 Å². The monoisotopic (exact) mass is 316 g/mol. The maximum Gasteiger partial charge on any atom is 0.252 e. The number of benzene rings is 2. The molecule has 3 heteroatoms. The highest BCUT2D eigenvalue weighted by Gasteiger charge is 2.10. The highest BCUT2D eigenvalue weighted by atomic mass is 35.5. The van der Waals surface area contributed by atoms with Crippen molar-refractivity contribution in [3.63, 3.8) is 0 Å². The summed E-state index contributed by atoms with van der Waals surface area (Å²) in [5.41, 5.74) is 2.52. The first-order valence-corrected chi connectivity index (χ1v) is 8.12. The summed E-state index contributed by atoms with van der Waals surface area (Å²) < 4.78 is 5.92. The van der Waals surface area contributed by atoms with E-state index in [9.17, 15) is 4.79 Å². The molecule has 0 radical (unpaired) electrons. The summed E-state index contributed by atoms with van der Waals surface area (Å²) in [4.78, 5) is 11.4. The second-order valence-electron chi connectivity index (χ2n) is 5.26. The number of carbonyl (C=O) groups is 1. The van der Waals surface area contributed by atoms with Crippen LogP contribution in [0, 0.1) is 0 Å². The van der Waals surface area contributed by atoms with E-state index < -0.39 is 5.24 Å². The number of ether oxygens (including phenoxy) is 1. The molecular formula is C19H21ClO2. The lowest BCUT2D eigenvalue weighted by Crippen LogP contribution is -2.00. The van der Waals surface area contributed by atoms with Crippen LogP contribution in [0.3, 0.4) is 0 Å². The van der Waals surface area contributed by atoms with Gasteiger partial charge in [-0.25, -0.2) is 0 Å². The van der Waals surface area contributed by atoms with E-state index in [1.165, 1.54) is 12.8 Å². The van der Waals surface area contributed by atoms with Gasteiger partial charge >= 0.3 is 0 Å². The molecule has 2 aromatic carbocycles. The Balaban J connectivity index is 2.19. The Morgan fingerprint density at radius 1 is 1.05 bits per heavy atom. The van der Waals surface area contributed by atoms with Crippen LogP contribution >= 0.6 is 11.6 Å². The zero-order valence-electron chi connectivity index (χ0n) is 12.8. The van der Waals surface area contributed by atoms with Gasteiger partial charge in [-0.2, -0.15) is 0 Å². The lowest BCUT2D eigenvalue weighted by atomic mass is 10.0. The number of hydrogen-bond donors (Lipinski definition) is 0. The van der Waals surface area contributed by atoms with Gasteiger partial charge in [0.2, 0.25) is 0 Å². The fraction of sp³-hybridized carbons (Fsp3) is 0.316. The average molecular weight is 317 g/mol. The molecule has 2 rings (SSSR count). The van der Waals surface area contributed by atoms with E-state index in [1.807, 2.05) is 36.4 Å². The van der Waals surface area contributed by atoms with Gasteiger partial charge in [-0.05, 0) is 41.8 Å². The van der Waals surface area contributed by atoms with E-state index in [0.29, 0.717) is 17.9 Å². The molecular weight excluding hydrogens is 296 g/mol. The van der Waals surface area contributed by atoms with E-state index >= 15 is 0 Å². The molecule has 0 bridgehead atoms. The number of unbranched alkanes of at least 4 members (excludes halogenated alkanes) is 3. The summed E-state index contributed by atoms with van der Waals surface area (Å²) in [6, 6.07) is 15.4. The summed E-state index contributed by atoms with van der Waals surface area (Å²) >= 11 is 5.58. The molecule has 0 saturated carbocycles. The highest BCUT2D eigenvalue weighted by Crippen LogP contribution is 2.31. The summed E-state index contributed by atoms with van der Waals surface area (Å²) in [7, 11) is 0. The van der Waals surface area contributed by atoms with Gasteiger partial charge in [0.15, 0.2) is 0 Å². The number of carbonyl (C=O) groups excluding carboxylic acids is 1. The second kappa shape index (κ2) is 8.60. The minimum Gasteiger partial charge on any atom is -0.493 e. The largest absolute Gasteiger partial charge is 0.493 e. The maximum atomic E-state index is 11.4. The van der Waals surface area contributed by atoms with Gasteiger partial charge in [-0.1, -0.05) is 56.5 Å². The van der Waals surface area contributed by atoms with Gasteiger partial charge in [-0.3, -0.25) is 4.79 Å². The number of hydrogen-bond acceptors (Lipinski definition) is 2. The Morgan fingerprint density at radius 3 is 2.50 bits per heavy atom. The first-order chi connectivity index (χ1) is 10.7. The molecule has 22 heavy (non-hydrogen) atoms. The molecule has 0 spiro atoms. The third kappa shape index (κ3) is 4.60. The Kier molecular flexibility index (Phi) is 6.47. The molecule has 0 N–H and O–H groups in total. The second-order valence-corrected chi connectivity index (χ2v) is 5.60. The van der Waals surface area contributed by atoms with E-state index in [-0.39, 0.29) is 0 Å². The molecule has 0 unspecified atom stereocenters. The molecule has 2 nitrogen and oxygen atoms in total. The zero-order chi connectivity index (χ0) is 15.8. The normalized spacial score (nSPS) is 10.5. The van der Waals surface area contributed by atoms with Gasteiger partial charge in [-0.15, -0.1) is 0 Å². The minimum absolute atomic E-state index is 0.463. The van der Waals surface area contributed by atoms with E-state index in [4.69, 9.17) is 16.3 Å². The highest BCUT2D eigenvalue weighted by molar-refractivity contribution is 6.67. The van der Waals surface area contributed by atoms with Crippen molar-refractivity contribution in [1.29, 1.82) is 0 Å². The van der Waals surface area contributed by atoms with Crippen molar-refractivity contribution < 1.29 is 9.53 Å². The van der Waals surface area contributed by atoms with Crippen LogP contribution in [0.4, 0.5) is 0 Å². The Bertz CT molecular complexity index is 608. The summed E-state index contributed by atoms with van der Waals surface area (Å²) in [5.74, 6) is 0.717. The van der Waals surface area contributed by atoms with Crippen LogP contribution in [-0.4, -0.2) is 11.8 Å². The van der Waals surface area contributed by atoms with Gasteiger partial charge in [0.25, 0.3) is 5.24 Å². The lowest BCUT2D eigenvalue weighted by Gasteiger charge is -2.13. The first-order valence-electron chi connectivity index (χ1n) is 7.74. The SMILES string of the molecule is CCCCCCOc1cc(C(=O)Cl)ccc1-c1ccccc1. The van der Waals surface area contributed by atoms with Crippen molar-refractivity contribution in [2.75, 3.05) is 6.61 Å². The van der Waals surface area contributed by atoms with Gasteiger partial charge < -0.3 is 4.74 Å². The Hall–Kier alpha value is -1.80.